The van der Waals surface area contributed by atoms with Crippen LogP contribution in [0.5, 0.6) is 5.75 Å². The molecule has 3 rings (SSSR count). The van der Waals surface area contributed by atoms with Crippen LogP contribution in [0, 0.1) is 6.92 Å². The smallest absolute Gasteiger partial charge is 0.244 e. The topological polar surface area (TPSA) is 96.0 Å². The lowest BCUT2D eigenvalue weighted by Crippen LogP contribution is -2.51. The largest absolute Gasteiger partial charge is 0.489 e. The Kier molecular flexibility index (Phi) is 9.90. The zero-order valence-corrected chi connectivity index (χ0v) is 23.1. The summed E-state index contributed by atoms with van der Waals surface area (Å²) in [6, 6.07) is 23.1. The van der Waals surface area contributed by atoms with Gasteiger partial charge in [-0.15, -0.1) is 0 Å². The van der Waals surface area contributed by atoms with Crippen LogP contribution in [0.4, 0.5) is 5.69 Å². The lowest BCUT2D eigenvalue weighted by molar-refractivity contribution is -0.139. The number of anilines is 1. The van der Waals surface area contributed by atoms with E-state index in [0.29, 0.717) is 24.6 Å². The Hall–Kier alpha value is -3.85. The van der Waals surface area contributed by atoms with Crippen molar-refractivity contribution < 1.29 is 22.7 Å². The van der Waals surface area contributed by atoms with Gasteiger partial charge in [-0.3, -0.25) is 13.9 Å². The summed E-state index contributed by atoms with van der Waals surface area (Å²) in [5, 5.41) is 2.74. The molecule has 0 saturated carbocycles. The van der Waals surface area contributed by atoms with Gasteiger partial charge in [-0.05, 0) is 56.2 Å². The molecule has 1 N–H and O–H groups in total. The van der Waals surface area contributed by atoms with Crippen molar-refractivity contribution >= 4 is 27.5 Å². The van der Waals surface area contributed by atoms with Crippen LogP contribution in [0.1, 0.15) is 30.5 Å². The molecule has 0 aliphatic heterocycles. The molecule has 0 aliphatic rings. The second kappa shape index (κ2) is 13.1. The minimum Gasteiger partial charge on any atom is -0.489 e. The first-order valence-electron chi connectivity index (χ1n) is 12.5. The van der Waals surface area contributed by atoms with Crippen molar-refractivity contribution in [3.8, 4) is 5.75 Å². The molecule has 2 amide bonds. The number of hydrogen-bond acceptors (Lipinski definition) is 5. The molecule has 0 saturated heterocycles. The van der Waals surface area contributed by atoms with Gasteiger partial charge in [-0.2, -0.15) is 0 Å². The van der Waals surface area contributed by atoms with E-state index < -0.39 is 28.5 Å². The SMILES string of the molecule is CCNC(=O)[C@H](C)N(Cc1cccc(C)c1)C(=O)CN(c1ccc(OCc2ccccc2)cc1)S(C)(=O)=O. The number of aryl methyl sites for hydroxylation is 1. The molecule has 3 aromatic carbocycles. The first-order chi connectivity index (χ1) is 18.1. The van der Waals surface area contributed by atoms with E-state index in [1.165, 1.54) is 4.90 Å². The fourth-order valence-electron chi connectivity index (χ4n) is 3.97. The van der Waals surface area contributed by atoms with Crippen molar-refractivity contribution in [3.05, 3.63) is 95.6 Å². The molecule has 202 valence electrons. The second-order valence-corrected chi connectivity index (χ2v) is 11.0. The Labute approximate surface area is 225 Å². The number of hydrogen-bond donors (Lipinski definition) is 1. The Bertz CT molecular complexity index is 1330. The number of carbonyl (C=O) groups excluding carboxylic acids is 2. The fourth-order valence-corrected chi connectivity index (χ4v) is 4.82. The third-order valence-electron chi connectivity index (χ3n) is 6.01. The molecular weight excluding hydrogens is 502 g/mol. The van der Waals surface area contributed by atoms with Crippen LogP contribution in [0.15, 0.2) is 78.9 Å². The molecule has 0 heterocycles. The third kappa shape index (κ3) is 8.08. The highest BCUT2D eigenvalue weighted by Crippen LogP contribution is 2.23. The zero-order valence-electron chi connectivity index (χ0n) is 22.3. The first kappa shape index (κ1) is 28.7. The van der Waals surface area contributed by atoms with Crippen LogP contribution in [0.3, 0.4) is 0 Å². The number of carbonyl (C=O) groups is 2. The fraction of sp³-hybridized carbons (Fsp3) is 0.310. The highest BCUT2D eigenvalue weighted by Gasteiger charge is 2.30. The molecule has 0 aliphatic carbocycles. The summed E-state index contributed by atoms with van der Waals surface area (Å²) in [4.78, 5) is 27.6. The third-order valence-corrected chi connectivity index (χ3v) is 7.15. The number of benzene rings is 3. The molecular formula is C29H35N3O5S. The summed E-state index contributed by atoms with van der Waals surface area (Å²) in [6.07, 6.45) is 1.05. The van der Waals surface area contributed by atoms with Gasteiger partial charge in [-0.1, -0.05) is 60.2 Å². The van der Waals surface area contributed by atoms with Gasteiger partial charge in [0.2, 0.25) is 21.8 Å². The van der Waals surface area contributed by atoms with Crippen molar-refractivity contribution in [2.24, 2.45) is 0 Å². The minimum atomic E-state index is -3.81. The van der Waals surface area contributed by atoms with Gasteiger partial charge < -0.3 is 15.0 Å². The van der Waals surface area contributed by atoms with Crippen LogP contribution >= 0.6 is 0 Å². The number of amides is 2. The van der Waals surface area contributed by atoms with Crippen LogP contribution in [-0.2, 0) is 32.8 Å². The zero-order chi connectivity index (χ0) is 27.7. The van der Waals surface area contributed by atoms with E-state index in [4.69, 9.17) is 4.74 Å². The predicted octanol–water partition coefficient (Wildman–Crippen LogP) is 3.89. The maximum atomic E-state index is 13.6. The van der Waals surface area contributed by atoms with E-state index in [1.54, 1.807) is 38.1 Å². The summed E-state index contributed by atoms with van der Waals surface area (Å²) in [5.74, 6) is -0.220. The maximum absolute atomic E-state index is 13.6. The summed E-state index contributed by atoms with van der Waals surface area (Å²) < 4.78 is 32.3. The Morgan fingerprint density at radius 2 is 1.61 bits per heavy atom. The average molecular weight is 538 g/mol. The number of nitrogens with zero attached hydrogens (tertiary/aromatic N) is 2. The van der Waals surface area contributed by atoms with E-state index in [2.05, 4.69) is 5.32 Å². The second-order valence-electron chi connectivity index (χ2n) is 9.12. The maximum Gasteiger partial charge on any atom is 0.244 e. The van der Waals surface area contributed by atoms with E-state index in [9.17, 15) is 18.0 Å². The molecule has 0 unspecified atom stereocenters. The summed E-state index contributed by atoms with van der Waals surface area (Å²) in [7, 11) is -3.81. The molecule has 0 bridgehead atoms. The molecule has 3 aromatic rings. The molecule has 0 aromatic heterocycles. The minimum absolute atomic E-state index is 0.169. The molecule has 1 atom stereocenters. The summed E-state index contributed by atoms with van der Waals surface area (Å²) >= 11 is 0. The van der Waals surface area contributed by atoms with Crippen molar-refractivity contribution in [1.82, 2.24) is 10.2 Å². The number of likely N-dealkylation sites (N-methyl/N-ethyl adjacent to an activating group) is 1. The lowest BCUT2D eigenvalue weighted by atomic mass is 10.1. The van der Waals surface area contributed by atoms with Gasteiger partial charge >= 0.3 is 0 Å². The Morgan fingerprint density at radius 3 is 2.21 bits per heavy atom. The summed E-state index contributed by atoms with van der Waals surface area (Å²) in [5.41, 5.74) is 3.21. The van der Waals surface area contributed by atoms with Crippen LogP contribution in [-0.4, -0.2) is 50.5 Å². The van der Waals surface area contributed by atoms with Crippen molar-refractivity contribution in [2.75, 3.05) is 23.7 Å². The summed E-state index contributed by atoms with van der Waals surface area (Å²) in [6.45, 7) is 5.91. The highest BCUT2D eigenvalue weighted by molar-refractivity contribution is 7.92. The van der Waals surface area contributed by atoms with E-state index in [-0.39, 0.29) is 12.5 Å². The molecule has 9 heteroatoms. The van der Waals surface area contributed by atoms with Gasteiger partial charge in [0.05, 0.1) is 11.9 Å². The van der Waals surface area contributed by atoms with Crippen LogP contribution < -0.4 is 14.4 Å². The average Bonchev–Trinajstić information content (AvgIpc) is 2.89. The molecule has 0 fully saturated rings. The predicted molar refractivity (Wildman–Crippen MR) is 149 cm³/mol. The molecule has 8 nitrogen and oxygen atoms in total. The van der Waals surface area contributed by atoms with Gasteiger partial charge in [-0.25, -0.2) is 8.42 Å². The van der Waals surface area contributed by atoms with Crippen molar-refractivity contribution in [3.63, 3.8) is 0 Å². The van der Waals surface area contributed by atoms with E-state index >= 15 is 0 Å². The Morgan fingerprint density at radius 1 is 0.947 bits per heavy atom. The van der Waals surface area contributed by atoms with Gasteiger partial charge in [0.1, 0.15) is 24.9 Å². The first-order valence-corrected chi connectivity index (χ1v) is 14.3. The van der Waals surface area contributed by atoms with Gasteiger partial charge in [0.25, 0.3) is 0 Å². The van der Waals surface area contributed by atoms with Crippen LogP contribution in [0.25, 0.3) is 0 Å². The number of nitrogens with one attached hydrogen (secondary N) is 1. The standard InChI is InChI=1S/C29H35N3O5S/c1-5-30-29(34)23(3)31(19-25-13-9-10-22(2)18-25)28(33)20-32(38(4,35)36)26-14-16-27(17-15-26)37-21-24-11-7-6-8-12-24/h6-18,23H,5,19-21H2,1-4H3,(H,30,34)/t23-/m0/s1. The molecule has 0 radical (unpaired) electrons. The van der Waals surface area contributed by atoms with E-state index in [0.717, 1.165) is 27.3 Å². The number of ether oxygens (including phenoxy) is 1. The van der Waals surface area contributed by atoms with Gasteiger partial charge in [0, 0.05) is 13.1 Å². The highest BCUT2D eigenvalue weighted by atomic mass is 32.2. The van der Waals surface area contributed by atoms with Crippen molar-refractivity contribution in [1.29, 1.82) is 0 Å². The van der Waals surface area contributed by atoms with Crippen LogP contribution in [0.2, 0.25) is 0 Å². The van der Waals surface area contributed by atoms with Crippen molar-refractivity contribution in [2.45, 2.75) is 40.0 Å². The lowest BCUT2D eigenvalue weighted by Gasteiger charge is -2.31. The number of sulfonamides is 1. The molecule has 38 heavy (non-hydrogen) atoms. The van der Waals surface area contributed by atoms with E-state index in [1.807, 2.05) is 61.5 Å². The number of rotatable bonds is 12. The quantitative estimate of drug-likeness (QED) is 0.378. The monoisotopic (exact) mass is 537 g/mol. The van der Waals surface area contributed by atoms with Gasteiger partial charge in [0.15, 0.2) is 0 Å². The molecule has 0 spiro atoms. The normalized spacial score (nSPS) is 11.9. The Balaban J connectivity index is 1.81.